The summed E-state index contributed by atoms with van der Waals surface area (Å²) in [6.07, 6.45) is 0. The van der Waals surface area contributed by atoms with E-state index in [9.17, 15) is 4.79 Å². The molecule has 0 aliphatic rings. The molecule has 2 rings (SSSR count). The second kappa shape index (κ2) is 4.61. The molecule has 0 fully saturated rings. The summed E-state index contributed by atoms with van der Waals surface area (Å²) >= 11 is 0. The third-order valence-corrected chi connectivity index (χ3v) is 2.25. The number of aromatic nitrogens is 1. The number of hydrogen-bond acceptors (Lipinski definition) is 4. The van der Waals surface area contributed by atoms with Gasteiger partial charge in [-0.05, 0) is 25.1 Å². The highest BCUT2D eigenvalue weighted by atomic mass is 16.4. The molecule has 1 aromatic carbocycles. The van der Waals surface area contributed by atoms with Gasteiger partial charge in [0.25, 0.3) is 0 Å². The number of aliphatic carboxylic acids is 1. The van der Waals surface area contributed by atoms with Crippen LogP contribution in [-0.4, -0.2) is 21.8 Å². The fourth-order valence-corrected chi connectivity index (χ4v) is 1.32. The number of carbonyl (C=O) groups is 1. The van der Waals surface area contributed by atoms with Crippen LogP contribution in [0.25, 0.3) is 10.9 Å². The van der Waals surface area contributed by atoms with Crippen molar-refractivity contribution in [1.29, 1.82) is 0 Å². The summed E-state index contributed by atoms with van der Waals surface area (Å²) in [4.78, 5) is 14.8. The third-order valence-electron chi connectivity index (χ3n) is 2.25. The van der Waals surface area contributed by atoms with Gasteiger partial charge in [0.15, 0.2) is 0 Å². The van der Waals surface area contributed by atoms with Gasteiger partial charge in [-0.25, -0.2) is 9.78 Å². The van der Waals surface area contributed by atoms with Crippen LogP contribution in [0.4, 0.5) is 5.82 Å². The van der Waals surface area contributed by atoms with E-state index < -0.39 is 5.97 Å². The Balaban J connectivity index is 2.25. The minimum absolute atomic E-state index is 0.0139. The Labute approximate surface area is 97.8 Å². The molecule has 0 saturated carbocycles. The van der Waals surface area contributed by atoms with Gasteiger partial charge in [0.2, 0.25) is 0 Å². The van der Waals surface area contributed by atoms with Crippen molar-refractivity contribution in [3.63, 3.8) is 0 Å². The molecule has 86 valence electrons. The number of hydrogen-bond donors (Lipinski definition) is 2. The summed E-state index contributed by atoms with van der Waals surface area (Å²) in [5.41, 5.74) is 3.43. The zero-order chi connectivity index (χ0) is 12.3. The Kier molecular flexibility index (Phi) is 3.00. The van der Waals surface area contributed by atoms with Crippen LogP contribution in [-0.2, 0) is 4.79 Å². The molecular weight excluding hydrogens is 218 g/mol. The molecule has 0 amide bonds. The van der Waals surface area contributed by atoms with Crippen molar-refractivity contribution >= 4 is 28.4 Å². The van der Waals surface area contributed by atoms with Crippen molar-refractivity contribution in [3.05, 3.63) is 36.4 Å². The predicted octanol–water partition coefficient (Wildman–Crippen LogP) is 2.11. The first-order valence-electron chi connectivity index (χ1n) is 5.06. The van der Waals surface area contributed by atoms with E-state index >= 15 is 0 Å². The monoisotopic (exact) mass is 229 g/mol. The second-order valence-electron chi connectivity index (χ2n) is 3.50. The maximum atomic E-state index is 10.5. The van der Waals surface area contributed by atoms with Gasteiger partial charge in [-0.2, -0.15) is 5.10 Å². The summed E-state index contributed by atoms with van der Waals surface area (Å²) in [5.74, 6) is -0.539. The molecule has 0 unspecified atom stereocenters. The number of carboxylic acids is 1. The van der Waals surface area contributed by atoms with E-state index in [2.05, 4.69) is 15.5 Å². The molecule has 1 aromatic heterocycles. The number of carboxylic acid groups (broad SMARTS) is 1. The van der Waals surface area contributed by atoms with Crippen LogP contribution in [0.2, 0.25) is 0 Å². The minimum Gasteiger partial charge on any atom is -0.477 e. The van der Waals surface area contributed by atoms with Crippen molar-refractivity contribution in [2.75, 3.05) is 5.43 Å². The van der Waals surface area contributed by atoms with Gasteiger partial charge in [-0.15, -0.1) is 0 Å². The van der Waals surface area contributed by atoms with Crippen molar-refractivity contribution in [3.8, 4) is 0 Å². The topological polar surface area (TPSA) is 74.6 Å². The zero-order valence-corrected chi connectivity index (χ0v) is 9.21. The number of fused-ring (bicyclic) bond motifs is 1. The van der Waals surface area contributed by atoms with Crippen LogP contribution in [0.1, 0.15) is 6.92 Å². The Hall–Kier alpha value is -2.43. The minimum atomic E-state index is -1.06. The Morgan fingerprint density at radius 2 is 2.06 bits per heavy atom. The summed E-state index contributed by atoms with van der Waals surface area (Å²) in [7, 11) is 0. The molecule has 0 aliphatic carbocycles. The third kappa shape index (κ3) is 2.57. The van der Waals surface area contributed by atoms with Gasteiger partial charge in [-0.1, -0.05) is 18.2 Å². The van der Waals surface area contributed by atoms with E-state index in [-0.39, 0.29) is 5.71 Å². The van der Waals surface area contributed by atoms with E-state index in [0.717, 1.165) is 10.9 Å². The molecule has 17 heavy (non-hydrogen) atoms. The molecule has 1 heterocycles. The Morgan fingerprint density at radius 3 is 2.82 bits per heavy atom. The molecule has 0 radical (unpaired) electrons. The lowest BCUT2D eigenvalue weighted by molar-refractivity contribution is -0.129. The molecule has 0 aliphatic heterocycles. The van der Waals surface area contributed by atoms with Gasteiger partial charge in [-0.3, -0.25) is 5.43 Å². The van der Waals surface area contributed by atoms with Crippen LogP contribution in [0, 0.1) is 0 Å². The number of hydrazone groups is 1. The highest BCUT2D eigenvalue weighted by molar-refractivity contribution is 6.34. The van der Waals surface area contributed by atoms with Gasteiger partial charge in [0.1, 0.15) is 11.5 Å². The molecule has 0 spiro atoms. The Morgan fingerprint density at radius 1 is 1.29 bits per heavy atom. The molecule has 2 N–H and O–H groups in total. The number of rotatable bonds is 3. The first kappa shape index (κ1) is 11.1. The van der Waals surface area contributed by atoms with Crippen LogP contribution in [0.5, 0.6) is 0 Å². The van der Waals surface area contributed by atoms with E-state index in [0.29, 0.717) is 5.82 Å². The lowest BCUT2D eigenvalue weighted by Gasteiger charge is -2.02. The van der Waals surface area contributed by atoms with Gasteiger partial charge in [0.05, 0.1) is 5.52 Å². The van der Waals surface area contributed by atoms with Gasteiger partial charge < -0.3 is 5.11 Å². The fourth-order valence-electron chi connectivity index (χ4n) is 1.32. The van der Waals surface area contributed by atoms with E-state index in [1.165, 1.54) is 6.92 Å². The molecule has 0 saturated heterocycles. The van der Waals surface area contributed by atoms with Crippen molar-refractivity contribution in [2.24, 2.45) is 5.10 Å². The van der Waals surface area contributed by atoms with Crippen LogP contribution in [0.15, 0.2) is 41.5 Å². The first-order valence-corrected chi connectivity index (χ1v) is 5.06. The quantitative estimate of drug-likeness (QED) is 0.624. The largest absolute Gasteiger partial charge is 0.477 e. The average Bonchev–Trinajstić information content (AvgIpc) is 2.35. The van der Waals surface area contributed by atoms with Crippen LogP contribution < -0.4 is 5.43 Å². The number of pyridine rings is 1. The average molecular weight is 229 g/mol. The van der Waals surface area contributed by atoms with Crippen LogP contribution in [0.3, 0.4) is 0 Å². The molecule has 0 bridgehead atoms. The summed E-state index contributed by atoms with van der Waals surface area (Å²) < 4.78 is 0. The van der Waals surface area contributed by atoms with Crippen molar-refractivity contribution in [1.82, 2.24) is 4.98 Å². The lowest BCUT2D eigenvalue weighted by atomic mass is 10.2. The standard InChI is InChI=1S/C12H11N3O2/c1-8(12(16)17)14-15-11-7-6-9-4-2-3-5-10(9)13-11/h2-7H,1H3,(H,13,15)(H,16,17)/b14-8-. The summed E-state index contributed by atoms with van der Waals surface area (Å²) in [5, 5.41) is 13.4. The van der Waals surface area contributed by atoms with E-state index in [1.54, 1.807) is 6.07 Å². The normalized spacial score (nSPS) is 11.5. The molecular formula is C12H11N3O2. The van der Waals surface area contributed by atoms with E-state index in [4.69, 9.17) is 5.11 Å². The second-order valence-corrected chi connectivity index (χ2v) is 3.50. The van der Waals surface area contributed by atoms with Crippen LogP contribution >= 0.6 is 0 Å². The SMILES string of the molecule is C/C(=N/Nc1ccc2ccccc2n1)C(=O)O. The maximum Gasteiger partial charge on any atom is 0.351 e. The molecule has 5 nitrogen and oxygen atoms in total. The smallest absolute Gasteiger partial charge is 0.351 e. The highest BCUT2D eigenvalue weighted by Gasteiger charge is 2.01. The van der Waals surface area contributed by atoms with Gasteiger partial charge in [0, 0.05) is 5.39 Å². The van der Waals surface area contributed by atoms with Gasteiger partial charge >= 0.3 is 5.97 Å². The maximum absolute atomic E-state index is 10.5. The molecule has 2 aromatic rings. The summed E-state index contributed by atoms with van der Waals surface area (Å²) in [6.45, 7) is 1.41. The van der Waals surface area contributed by atoms with Crippen molar-refractivity contribution < 1.29 is 9.90 Å². The number of anilines is 1. The van der Waals surface area contributed by atoms with E-state index in [1.807, 2.05) is 30.3 Å². The fraction of sp³-hybridized carbons (Fsp3) is 0.0833. The number of para-hydroxylation sites is 1. The number of nitrogens with one attached hydrogen (secondary N) is 1. The lowest BCUT2D eigenvalue weighted by Crippen LogP contribution is -2.10. The molecule has 0 atom stereocenters. The number of nitrogens with zero attached hydrogens (tertiary/aromatic N) is 2. The summed E-state index contributed by atoms with van der Waals surface area (Å²) in [6, 6.07) is 11.3. The Bertz CT molecular complexity index is 593. The number of benzene rings is 1. The highest BCUT2D eigenvalue weighted by Crippen LogP contribution is 2.14. The molecule has 5 heteroatoms. The first-order chi connectivity index (χ1) is 8.16. The van der Waals surface area contributed by atoms with Crippen molar-refractivity contribution in [2.45, 2.75) is 6.92 Å². The zero-order valence-electron chi connectivity index (χ0n) is 9.21. The predicted molar refractivity (Wildman–Crippen MR) is 66.1 cm³/mol.